The number of Topliss-reactive ketones (excluding diaryl/α,β-unsaturated/α-hetero) is 1. The number of rotatable bonds is 6. The standard InChI is InChI=1S/C32H41N3O2/c1-23(22-35-29-8-6-5-7-28(29)30(36)11-12-31(35)37)13-14-33-15-17-34(18-16-33)27-20-25(24-9-10-24)19-26(21-27)32(2,3)4/h5-8,13,19-21,24H,9-12,14-18,22H2,1-4H3/b23-13+. The topological polar surface area (TPSA) is 43.9 Å². The predicted octanol–water partition coefficient (Wildman–Crippen LogP) is 5.94. The third kappa shape index (κ3) is 5.98. The van der Waals surface area contributed by atoms with Gasteiger partial charge >= 0.3 is 0 Å². The van der Waals surface area contributed by atoms with Crippen LogP contribution in [0.2, 0.25) is 0 Å². The molecule has 196 valence electrons. The van der Waals surface area contributed by atoms with E-state index >= 15 is 0 Å². The molecule has 37 heavy (non-hydrogen) atoms. The van der Waals surface area contributed by atoms with Crippen molar-refractivity contribution in [3.63, 3.8) is 0 Å². The summed E-state index contributed by atoms with van der Waals surface area (Å²) in [5.41, 5.74) is 7.08. The number of para-hydroxylation sites is 1. The monoisotopic (exact) mass is 499 g/mol. The zero-order valence-electron chi connectivity index (χ0n) is 22.9. The molecule has 0 N–H and O–H groups in total. The second-order valence-electron chi connectivity index (χ2n) is 12.1. The molecule has 3 aliphatic rings. The molecule has 0 radical (unpaired) electrons. The van der Waals surface area contributed by atoms with Crippen molar-refractivity contribution in [2.45, 2.75) is 64.7 Å². The number of carbonyl (C=O) groups is 2. The predicted molar refractivity (Wildman–Crippen MR) is 152 cm³/mol. The van der Waals surface area contributed by atoms with Crippen molar-refractivity contribution in [3.05, 3.63) is 70.8 Å². The van der Waals surface area contributed by atoms with Gasteiger partial charge in [-0.3, -0.25) is 14.5 Å². The second-order valence-corrected chi connectivity index (χ2v) is 12.1. The van der Waals surface area contributed by atoms with E-state index in [2.05, 4.69) is 61.8 Å². The maximum Gasteiger partial charge on any atom is 0.227 e. The van der Waals surface area contributed by atoms with Crippen molar-refractivity contribution in [2.24, 2.45) is 0 Å². The van der Waals surface area contributed by atoms with Gasteiger partial charge in [-0.15, -0.1) is 0 Å². The molecular formula is C32H41N3O2. The summed E-state index contributed by atoms with van der Waals surface area (Å²) >= 11 is 0. The lowest BCUT2D eigenvalue weighted by molar-refractivity contribution is -0.118. The summed E-state index contributed by atoms with van der Waals surface area (Å²) < 4.78 is 0. The second kappa shape index (κ2) is 10.4. The minimum absolute atomic E-state index is 0.0303. The van der Waals surface area contributed by atoms with E-state index in [0.29, 0.717) is 18.5 Å². The van der Waals surface area contributed by atoms with E-state index in [1.165, 1.54) is 29.7 Å². The van der Waals surface area contributed by atoms with E-state index < -0.39 is 0 Å². The Balaban J connectivity index is 1.21. The summed E-state index contributed by atoms with van der Waals surface area (Å²) in [5.74, 6) is 0.850. The fourth-order valence-corrected chi connectivity index (χ4v) is 5.43. The molecule has 0 bridgehead atoms. The number of ketones is 1. The molecular weight excluding hydrogens is 458 g/mol. The molecule has 1 saturated heterocycles. The van der Waals surface area contributed by atoms with Gasteiger partial charge in [-0.25, -0.2) is 0 Å². The van der Waals surface area contributed by atoms with Gasteiger partial charge in [0, 0.05) is 63.4 Å². The van der Waals surface area contributed by atoms with Crippen LogP contribution in [-0.4, -0.2) is 55.9 Å². The average Bonchev–Trinajstić information content (AvgIpc) is 3.75. The first-order valence-electron chi connectivity index (χ1n) is 13.9. The van der Waals surface area contributed by atoms with Crippen LogP contribution in [0.3, 0.4) is 0 Å². The van der Waals surface area contributed by atoms with Gasteiger partial charge in [-0.2, -0.15) is 0 Å². The van der Waals surface area contributed by atoms with Gasteiger partial charge < -0.3 is 9.80 Å². The van der Waals surface area contributed by atoms with E-state index in [4.69, 9.17) is 0 Å². The SMILES string of the molecule is C/C(=C\CN1CCN(c2cc(C3CC3)cc(C(C)(C)C)c2)CC1)CN1C(=O)CCC(=O)c2ccccc21. The summed E-state index contributed by atoms with van der Waals surface area (Å²) in [6.07, 6.45) is 5.49. The highest BCUT2D eigenvalue weighted by molar-refractivity contribution is 6.10. The summed E-state index contributed by atoms with van der Waals surface area (Å²) in [7, 11) is 0. The number of anilines is 2. The molecule has 0 aromatic heterocycles. The van der Waals surface area contributed by atoms with Gasteiger partial charge in [-0.05, 0) is 66.5 Å². The van der Waals surface area contributed by atoms with Crippen molar-refractivity contribution in [3.8, 4) is 0 Å². The zero-order chi connectivity index (χ0) is 26.2. The Kier molecular flexibility index (Phi) is 7.26. The Hall–Kier alpha value is -2.92. The van der Waals surface area contributed by atoms with E-state index in [-0.39, 0.29) is 23.5 Å². The lowest BCUT2D eigenvalue weighted by atomic mass is 9.85. The fourth-order valence-electron chi connectivity index (χ4n) is 5.43. The molecule has 2 heterocycles. The molecule has 0 spiro atoms. The van der Waals surface area contributed by atoms with Crippen LogP contribution in [0.15, 0.2) is 54.1 Å². The maximum absolute atomic E-state index is 12.8. The van der Waals surface area contributed by atoms with Crippen LogP contribution in [0, 0.1) is 0 Å². The van der Waals surface area contributed by atoms with Crippen molar-refractivity contribution >= 4 is 23.1 Å². The highest BCUT2D eigenvalue weighted by atomic mass is 16.2. The van der Waals surface area contributed by atoms with Crippen LogP contribution >= 0.6 is 0 Å². The Labute approximate surface area is 222 Å². The summed E-state index contributed by atoms with van der Waals surface area (Å²) in [6, 6.07) is 14.8. The normalized spacial score (nSPS) is 19.7. The molecule has 5 nitrogen and oxygen atoms in total. The van der Waals surface area contributed by atoms with Gasteiger partial charge in [0.05, 0.1) is 5.69 Å². The first-order valence-corrected chi connectivity index (χ1v) is 13.9. The Morgan fingerprint density at radius 2 is 1.70 bits per heavy atom. The minimum atomic E-state index is 0.0303. The van der Waals surface area contributed by atoms with E-state index in [9.17, 15) is 9.59 Å². The molecule has 1 aliphatic carbocycles. The minimum Gasteiger partial charge on any atom is -0.369 e. The molecule has 5 rings (SSSR count). The van der Waals surface area contributed by atoms with Gasteiger partial charge in [0.25, 0.3) is 0 Å². The summed E-state index contributed by atoms with van der Waals surface area (Å²) in [5, 5.41) is 0. The van der Waals surface area contributed by atoms with Crippen LogP contribution < -0.4 is 9.80 Å². The van der Waals surface area contributed by atoms with Crippen LogP contribution in [0.4, 0.5) is 11.4 Å². The molecule has 0 unspecified atom stereocenters. The smallest absolute Gasteiger partial charge is 0.227 e. The number of nitrogens with zero attached hydrogens (tertiary/aromatic N) is 3. The van der Waals surface area contributed by atoms with Gasteiger partial charge in [0.15, 0.2) is 5.78 Å². The highest BCUT2D eigenvalue weighted by Crippen LogP contribution is 2.43. The third-order valence-electron chi connectivity index (χ3n) is 8.06. The molecule has 2 aromatic carbocycles. The molecule has 2 fully saturated rings. The average molecular weight is 500 g/mol. The first-order chi connectivity index (χ1) is 17.7. The number of amides is 1. The van der Waals surface area contributed by atoms with Crippen molar-refractivity contribution in [2.75, 3.05) is 49.1 Å². The largest absolute Gasteiger partial charge is 0.369 e. The summed E-state index contributed by atoms with van der Waals surface area (Å²) in [4.78, 5) is 32.1. The van der Waals surface area contributed by atoms with Crippen molar-refractivity contribution in [1.29, 1.82) is 0 Å². The fraction of sp³-hybridized carbons (Fsp3) is 0.500. The van der Waals surface area contributed by atoms with Crippen molar-refractivity contribution < 1.29 is 9.59 Å². The van der Waals surface area contributed by atoms with E-state index in [1.54, 1.807) is 4.90 Å². The lowest BCUT2D eigenvalue weighted by Gasteiger charge is -2.36. The molecule has 2 aliphatic heterocycles. The van der Waals surface area contributed by atoms with Gasteiger partial charge in [0.2, 0.25) is 5.91 Å². The number of hydrogen-bond donors (Lipinski definition) is 0. The maximum atomic E-state index is 12.8. The Morgan fingerprint density at radius 3 is 2.41 bits per heavy atom. The quantitative estimate of drug-likeness (QED) is 0.462. The molecule has 5 heteroatoms. The van der Waals surface area contributed by atoms with E-state index in [0.717, 1.165) is 49.9 Å². The van der Waals surface area contributed by atoms with Gasteiger partial charge in [-0.1, -0.05) is 50.6 Å². The highest BCUT2D eigenvalue weighted by Gasteiger charge is 2.28. The summed E-state index contributed by atoms with van der Waals surface area (Å²) in [6.45, 7) is 14.6. The number of piperazine rings is 1. The third-order valence-corrected chi connectivity index (χ3v) is 8.06. The van der Waals surface area contributed by atoms with Crippen molar-refractivity contribution in [1.82, 2.24) is 4.90 Å². The zero-order valence-corrected chi connectivity index (χ0v) is 22.9. The van der Waals surface area contributed by atoms with Crippen LogP contribution in [0.25, 0.3) is 0 Å². The van der Waals surface area contributed by atoms with Crippen LogP contribution in [0.1, 0.15) is 80.8 Å². The number of fused-ring (bicyclic) bond motifs is 1. The first kappa shape index (κ1) is 25.7. The molecule has 1 saturated carbocycles. The van der Waals surface area contributed by atoms with Gasteiger partial charge in [0.1, 0.15) is 0 Å². The lowest BCUT2D eigenvalue weighted by Crippen LogP contribution is -2.46. The van der Waals surface area contributed by atoms with E-state index in [1.807, 2.05) is 24.3 Å². The molecule has 1 amide bonds. The molecule has 2 aromatic rings. The molecule has 0 atom stereocenters. The number of benzene rings is 2. The Bertz CT molecular complexity index is 1200. The van der Waals surface area contributed by atoms with Crippen LogP contribution in [0.5, 0.6) is 0 Å². The number of carbonyl (C=O) groups excluding carboxylic acids is 2. The Morgan fingerprint density at radius 1 is 0.973 bits per heavy atom. The van der Waals surface area contributed by atoms with Crippen LogP contribution in [-0.2, 0) is 10.2 Å². The number of hydrogen-bond acceptors (Lipinski definition) is 4.